The summed E-state index contributed by atoms with van der Waals surface area (Å²) in [7, 11) is 0. The largest absolute Gasteiger partial charge is 0.330 e. The summed E-state index contributed by atoms with van der Waals surface area (Å²) in [6, 6.07) is 2.42. The summed E-state index contributed by atoms with van der Waals surface area (Å²) in [5.41, 5.74) is 7.76. The molecule has 2 unspecified atom stereocenters. The number of halogens is 2. The van der Waals surface area contributed by atoms with Crippen LogP contribution in [0.25, 0.3) is 0 Å². The van der Waals surface area contributed by atoms with Crippen LogP contribution >= 0.6 is 23.2 Å². The summed E-state index contributed by atoms with van der Waals surface area (Å²) in [6.07, 6.45) is 5.02. The molecule has 0 aromatic carbocycles. The second-order valence-corrected chi connectivity index (χ2v) is 6.69. The molecule has 118 valence electrons. The topological polar surface area (TPSA) is 42.2 Å². The van der Waals surface area contributed by atoms with Crippen molar-refractivity contribution < 1.29 is 0 Å². The zero-order valence-electron chi connectivity index (χ0n) is 12.9. The Bertz CT molecular complexity index is 456. The maximum Gasteiger partial charge on any atom is 0.135 e. The van der Waals surface area contributed by atoms with Crippen molar-refractivity contribution in [2.24, 2.45) is 11.7 Å². The van der Waals surface area contributed by atoms with Gasteiger partial charge in [-0.15, -0.1) is 0 Å². The standard InChI is InChI=1S/C16H25Cl2N3/c1-3-21(15-7-5-4-6-12(15)9-19)10-13-14(17)8-11(2)20-16(13)18/h8,12,15H,3-7,9-10,19H2,1-2H3. The average Bonchev–Trinajstić information content (AvgIpc) is 2.46. The van der Waals surface area contributed by atoms with Crippen LogP contribution in [0.4, 0.5) is 0 Å². The molecule has 0 spiro atoms. The van der Waals surface area contributed by atoms with Crippen molar-refractivity contribution >= 4 is 23.2 Å². The van der Waals surface area contributed by atoms with E-state index in [9.17, 15) is 0 Å². The Morgan fingerprint density at radius 1 is 1.33 bits per heavy atom. The Labute approximate surface area is 137 Å². The molecule has 2 atom stereocenters. The second kappa shape index (κ2) is 7.77. The Kier molecular flexibility index (Phi) is 6.30. The van der Waals surface area contributed by atoms with Crippen LogP contribution in [0.5, 0.6) is 0 Å². The van der Waals surface area contributed by atoms with E-state index in [0.717, 1.165) is 30.9 Å². The molecule has 3 nitrogen and oxygen atoms in total. The Balaban J connectivity index is 2.19. The van der Waals surface area contributed by atoms with E-state index in [0.29, 0.717) is 22.1 Å². The predicted molar refractivity (Wildman–Crippen MR) is 89.9 cm³/mol. The third kappa shape index (κ3) is 4.10. The van der Waals surface area contributed by atoms with Gasteiger partial charge in [0.1, 0.15) is 5.15 Å². The molecule has 1 aromatic rings. The maximum atomic E-state index is 6.37. The maximum absolute atomic E-state index is 6.37. The zero-order chi connectivity index (χ0) is 15.4. The van der Waals surface area contributed by atoms with E-state index in [-0.39, 0.29) is 0 Å². The molecular weight excluding hydrogens is 305 g/mol. The quantitative estimate of drug-likeness (QED) is 0.829. The van der Waals surface area contributed by atoms with Gasteiger partial charge in [-0.05, 0) is 44.8 Å². The molecule has 5 heteroatoms. The number of hydrogen-bond acceptors (Lipinski definition) is 3. The highest BCUT2D eigenvalue weighted by atomic mass is 35.5. The molecule has 0 aliphatic heterocycles. The van der Waals surface area contributed by atoms with E-state index in [2.05, 4.69) is 16.8 Å². The van der Waals surface area contributed by atoms with E-state index >= 15 is 0 Å². The van der Waals surface area contributed by atoms with Gasteiger partial charge in [-0.2, -0.15) is 0 Å². The molecule has 1 heterocycles. The number of hydrogen-bond donors (Lipinski definition) is 1. The zero-order valence-corrected chi connectivity index (χ0v) is 14.4. The fraction of sp³-hybridized carbons (Fsp3) is 0.688. The number of pyridine rings is 1. The summed E-state index contributed by atoms with van der Waals surface area (Å²) < 4.78 is 0. The van der Waals surface area contributed by atoms with Crippen molar-refractivity contribution in [3.63, 3.8) is 0 Å². The van der Waals surface area contributed by atoms with Gasteiger partial charge in [0, 0.05) is 28.9 Å². The highest BCUT2D eigenvalue weighted by Crippen LogP contribution is 2.31. The van der Waals surface area contributed by atoms with Crippen LogP contribution < -0.4 is 5.73 Å². The van der Waals surface area contributed by atoms with E-state index in [1.807, 2.05) is 13.0 Å². The summed E-state index contributed by atoms with van der Waals surface area (Å²) in [4.78, 5) is 6.79. The Morgan fingerprint density at radius 2 is 2.05 bits per heavy atom. The molecule has 1 saturated carbocycles. The normalized spacial score (nSPS) is 22.8. The van der Waals surface area contributed by atoms with E-state index in [4.69, 9.17) is 28.9 Å². The van der Waals surface area contributed by atoms with Crippen LogP contribution in [0.3, 0.4) is 0 Å². The molecule has 21 heavy (non-hydrogen) atoms. The summed E-state index contributed by atoms with van der Waals surface area (Å²) >= 11 is 12.7. The number of aromatic nitrogens is 1. The van der Waals surface area contributed by atoms with Gasteiger partial charge in [-0.1, -0.05) is 43.0 Å². The molecule has 0 bridgehead atoms. The monoisotopic (exact) mass is 329 g/mol. The first kappa shape index (κ1) is 17.0. The van der Waals surface area contributed by atoms with Gasteiger partial charge in [0.2, 0.25) is 0 Å². The molecule has 1 aliphatic rings. The number of nitrogens with two attached hydrogens (primary N) is 1. The third-order valence-corrected chi connectivity index (χ3v) is 5.21. The molecule has 0 saturated heterocycles. The number of aryl methyl sites for hydroxylation is 1. The first-order valence-electron chi connectivity index (χ1n) is 7.82. The molecule has 0 amide bonds. The highest BCUT2D eigenvalue weighted by molar-refractivity contribution is 6.35. The van der Waals surface area contributed by atoms with E-state index in [1.165, 1.54) is 25.7 Å². The van der Waals surface area contributed by atoms with Gasteiger partial charge >= 0.3 is 0 Å². The lowest BCUT2D eigenvalue weighted by atomic mass is 9.83. The fourth-order valence-electron chi connectivity index (χ4n) is 3.37. The second-order valence-electron chi connectivity index (χ2n) is 5.93. The van der Waals surface area contributed by atoms with Gasteiger partial charge in [0.05, 0.1) is 0 Å². The highest BCUT2D eigenvalue weighted by Gasteiger charge is 2.29. The predicted octanol–water partition coefficient (Wildman–Crippen LogP) is 4.04. The van der Waals surface area contributed by atoms with Crippen LogP contribution in [0.15, 0.2) is 6.07 Å². The van der Waals surface area contributed by atoms with Crippen molar-refractivity contribution in [1.29, 1.82) is 0 Å². The van der Waals surface area contributed by atoms with Crippen LogP contribution in [0, 0.1) is 12.8 Å². The molecule has 1 aliphatic carbocycles. The smallest absolute Gasteiger partial charge is 0.135 e. The van der Waals surface area contributed by atoms with Crippen LogP contribution in [-0.4, -0.2) is 29.0 Å². The Morgan fingerprint density at radius 3 is 2.67 bits per heavy atom. The summed E-state index contributed by atoms with van der Waals surface area (Å²) in [5, 5.41) is 1.24. The van der Waals surface area contributed by atoms with E-state index < -0.39 is 0 Å². The van der Waals surface area contributed by atoms with E-state index in [1.54, 1.807) is 0 Å². The van der Waals surface area contributed by atoms with Crippen LogP contribution in [0.1, 0.15) is 43.9 Å². The molecule has 2 rings (SSSR count). The van der Waals surface area contributed by atoms with Gasteiger partial charge in [0.25, 0.3) is 0 Å². The van der Waals surface area contributed by atoms with Gasteiger partial charge in [-0.3, -0.25) is 4.90 Å². The minimum Gasteiger partial charge on any atom is -0.330 e. The van der Waals surface area contributed by atoms with Crippen molar-refractivity contribution in [2.45, 2.75) is 52.1 Å². The molecule has 0 radical (unpaired) electrons. The van der Waals surface area contributed by atoms with Crippen molar-refractivity contribution in [3.05, 3.63) is 27.5 Å². The molecular formula is C16H25Cl2N3. The van der Waals surface area contributed by atoms with Gasteiger partial charge in [0.15, 0.2) is 0 Å². The van der Waals surface area contributed by atoms with Crippen LogP contribution in [0.2, 0.25) is 10.2 Å². The first-order valence-corrected chi connectivity index (χ1v) is 8.58. The lowest BCUT2D eigenvalue weighted by molar-refractivity contribution is 0.105. The third-order valence-electron chi connectivity index (χ3n) is 4.56. The Hall–Kier alpha value is -0.350. The van der Waals surface area contributed by atoms with Crippen molar-refractivity contribution in [2.75, 3.05) is 13.1 Å². The molecule has 2 N–H and O–H groups in total. The lowest BCUT2D eigenvalue weighted by Crippen LogP contribution is -2.44. The number of nitrogens with zero attached hydrogens (tertiary/aromatic N) is 2. The molecule has 1 aromatic heterocycles. The molecule has 1 fully saturated rings. The average molecular weight is 330 g/mol. The summed E-state index contributed by atoms with van der Waals surface area (Å²) in [5.74, 6) is 0.578. The van der Waals surface area contributed by atoms with Gasteiger partial charge < -0.3 is 5.73 Å². The SMILES string of the molecule is CCN(Cc1c(Cl)cc(C)nc1Cl)C1CCCCC1CN. The van der Waals surface area contributed by atoms with Crippen molar-refractivity contribution in [3.8, 4) is 0 Å². The van der Waals surface area contributed by atoms with Gasteiger partial charge in [-0.25, -0.2) is 4.98 Å². The first-order chi connectivity index (χ1) is 10.1. The van der Waals surface area contributed by atoms with Crippen LogP contribution in [-0.2, 0) is 6.54 Å². The van der Waals surface area contributed by atoms with Crippen molar-refractivity contribution in [1.82, 2.24) is 9.88 Å². The number of rotatable bonds is 5. The minimum absolute atomic E-state index is 0.526. The summed E-state index contributed by atoms with van der Waals surface area (Å²) in [6.45, 7) is 6.58. The minimum atomic E-state index is 0.526. The fourth-order valence-corrected chi connectivity index (χ4v) is 4.03. The lowest BCUT2D eigenvalue weighted by Gasteiger charge is -2.39.